The maximum Gasteiger partial charge on any atom is 0.416 e. The molecule has 0 unspecified atom stereocenters. The molecule has 3 rings (SSSR count). The second-order valence-electron chi connectivity index (χ2n) is 5.50. The molecule has 1 aromatic carbocycles. The number of alkyl halides is 3. The lowest BCUT2D eigenvalue weighted by Gasteiger charge is -2.13. The molecule has 3 aromatic rings. The highest BCUT2D eigenvalue weighted by molar-refractivity contribution is 5.74. The summed E-state index contributed by atoms with van der Waals surface area (Å²) in [5, 5.41) is 7.11. The van der Waals surface area contributed by atoms with Crippen LogP contribution in [0.1, 0.15) is 17.0 Å². The van der Waals surface area contributed by atoms with Crippen LogP contribution in [0.3, 0.4) is 0 Å². The number of halogens is 3. The van der Waals surface area contributed by atoms with E-state index >= 15 is 0 Å². The molecular formula is C16H15F3N6. The van der Waals surface area contributed by atoms with E-state index in [0.29, 0.717) is 5.82 Å². The molecule has 0 bridgehead atoms. The summed E-state index contributed by atoms with van der Waals surface area (Å²) in [6, 6.07) is 6.66. The average molecular weight is 348 g/mol. The van der Waals surface area contributed by atoms with E-state index in [4.69, 9.17) is 5.73 Å². The van der Waals surface area contributed by atoms with Crippen molar-refractivity contribution in [1.29, 1.82) is 0 Å². The molecule has 2 heterocycles. The Labute approximate surface area is 141 Å². The molecule has 0 atom stereocenters. The van der Waals surface area contributed by atoms with E-state index in [-0.39, 0.29) is 17.2 Å². The third-order valence-electron chi connectivity index (χ3n) is 3.53. The van der Waals surface area contributed by atoms with Gasteiger partial charge >= 0.3 is 6.18 Å². The van der Waals surface area contributed by atoms with Gasteiger partial charge in [0.25, 0.3) is 0 Å². The van der Waals surface area contributed by atoms with Crippen LogP contribution in [-0.2, 0) is 6.18 Å². The van der Waals surface area contributed by atoms with Gasteiger partial charge in [-0.15, -0.1) is 0 Å². The Hall–Kier alpha value is -3.10. The highest BCUT2D eigenvalue weighted by atomic mass is 19.4. The van der Waals surface area contributed by atoms with Crippen molar-refractivity contribution in [3.05, 3.63) is 53.6 Å². The first-order valence-electron chi connectivity index (χ1n) is 7.34. The standard InChI is InChI=1S/C16H15F3N6/c1-9-6-10(2)25(24-9)15-13(20)14(21-8-22-15)23-12-5-3-4-11(7-12)16(17,18)19/h3-8H,20H2,1-2H3,(H,21,22,23). The van der Waals surface area contributed by atoms with Crippen molar-refractivity contribution in [3.63, 3.8) is 0 Å². The molecule has 3 N–H and O–H groups in total. The quantitative estimate of drug-likeness (QED) is 0.755. The fourth-order valence-corrected chi connectivity index (χ4v) is 2.41. The van der Waals surface area contributed by atoms with Crippen molar-refractivity contribution in [2.75, 3.05) is 11.1 Å². The van der Waals surface area contributed by atoms with Gasteiger partial charge in [0.15, 0.2) is 11.6 Å². The molecule has 0 fully saturated rings. The zero-order valence-electron chi connectivity index (χ0n) is 13.5. The van der Waals surface area contributed by atoms with Gasteiger partial charge in [-0.3, -0.25) is 0 Å². The Balaban J connectivity index is 1.97. The van der Waals surface area contributed by atoms with Crippen molar-refractivity contribution in [3.8, 4) is 5.82 Å². The molecule has 0 radical (unpaired) electrons. The van der Waals surface area contributed by atoms with Crippen LogP contribution in [0.25, 0.3) is 5.82 Å². The van der Waals surface area contributed by atoms with E-state index in [0.717, 1.165) is 23.5 Å². The highest BCUT2D eigenvalue weighted by Crippen LogP contribution is 2.32. The molecule has 0 saturated carbocycles. The number of nitrogens with zero attached hydrogens (tertiary/aromatic N) is 4. The first-order valence-corrected chi connectivity index (χ1v) is 7.34. The SMILES string of the molecule is Cc1cc(C)n(-c2ncnc(Nc3cccc(C(F)(F)F)c3)c2N)n1. The number of aryl methyl sites for hydroxylation is 2. The van der Waals surface area contributed by atoms with E-state index in [2.05, 4.69) is 20.4 Å². The summed E-state index contributed by atoms with van der Waals surface area (Å²) >= 11 is 0. The fourth-order valence-electron chi connectivity index (χ4n) is 2.41. The lowest BCUT2D eigenvalue weighted by Crippen LogP contribution is -2.10. The minimum atomic E-state index is -4.43. The van der Waals surface area contributed by atoms with Gasteiger partial charge in [0.05, 0.1) is 11.3 Å². The van der Waals surface area contributed by atoms with Crippen LogP contribution in [0.15, 0.2) is 36.7 Å². The Morgan fingerprint density at radius 1 is 1.12 bits per heavy atom. The molecule has 0 amide bonds. The maximum atomic E-state index is 12.8. The largest absolute Gasteiger partial charge is 0.416 e. The van der Waals surface area contributed by atoms with Crippen molar-refractivity contribution in [1.82, 2.24) is 19.7 Å². The summed E-state index contributed by atoms with van der Waals surface area (Å²) in [6.07, 6.45) is -3.15. The van der Waals surface area contributed by atoms with Crippen molar-refractivity contribution < 1.29 is 13.2 Å². The van der Waals surface area contributed by atoms with E-state index in [1.54, 1.807) is 4.68 Å². The van der Waals surface area contributed by atoms with Gasteiger partial charge in [-0.1, -0.05) is 6.07 Å². The minimum absolute atomic E-state index is 0.186. The normalized spacial score (nSPS) is 11.6. The Morgan fingerprint density at radius 3 is 2.52 bits per heavy atom. The third-order valence-corrected chi connectivity index (χ3v) is 3.53. The number of hydrogen-bond acceptors (Lipinski definition) is 5. The van der Waals surface area contributed by atoms with Gasteiger partial charge in [0.1, 0.15) is 12.0 Å². The molecule has 0 aliphatic carbocycles. The summed E-state index contributed by atoms with van der Waals surface area (Å²) in [5.41, 5.74) is 7.36. The van der Waals surface area contributed by atoms with E-state index in [9.17, 15) is 13.2 Å². The lowest BCUT2D eigenvalue weighted by molar-refractivity contribution is -0.137. The molecule has 2 aromatic heterocycles. The zero-order valence-corrected chi connectivity index (χ0v) is 13.5. The number of hydrogen-bond donors (Lipinski definition) is 2. The van der Waals surface area contributed by atoms with Crippen LogP contribution < -0.4 is 11.1 Å². The molecule has 0 saturated heterocycles. The molecule has 0 aliphatic heterocycles. The fraction of sp³-hybridized carbons (Fsp3) is 0.188. The number of aromatic nitrogens is 4. The first-order chi connectivity index (χ1) is 11.8. The molecule has 9 heteroatoms. The van der Waals surface area contributed by atoms with Crippen LogP contribution in [0.5, 0.6) is 0 Å². The van der Waals surface area contributed by atoms with Gasteiger partial charge in [0, 0.05) is 11.4 Å². The van der Waals surface area contributed by atoms with E-state index in [1.165, 1.54) is 18.5 Å². The van der Waals surface area contributed by atoms with E-state index < -0.39 is 11.7 Å². The second kappa shape index (κ2) is 6.08. The van der Waals surface area contributed by atoms with Gasteiger partial charge in [-0.2, -0.15) is 18.3 Å². The smallest absolute Gasteiger partial charge is 0.393 e. The van der Waals surface area contributed by atoms with Gasteiger partial charge < -0.3 is 11.1 Å². The van der Waals surface area contributed by atoms with Crippen molar-refractivity contribution >= 4 is 17.2 Å². The topological polar surface area (TPSA) is 81.7 Å². The number of anilines is 3. The Kier molecular flexibility index (Phi) is 4.07. The van der Waals surface area contributed by atoms with Crippen LogP contribution in [0.4, 0.5) is 30.4 Å². The molecular weight excluding hydrogens is 333 g/mol. The van der Waals surface area contributed by atoms with Crippen LogP contribution in [0, 0.1) is 13.8 Å². The maximum absolute atomic E-state index is 12.8. The Bertz CT molecular complexity index is 916. The molecule has 0 spiro atoms. The lowest BCUT2D eigenvalue weighted by atomic mass is 10.2. The second-order valence-corrected chi connectivity index (χ2v) is 5.50. The minimum Gasteiger partial charge on any atom is -0.393 e. The summed E-state index contributed by atoms with van der Waals surface area (Å²) in [4.78, 5) is 8.14. The van der Waals surface area contributed by atoms with Crippen molar-refractivity contribution in [2.24, 2.45) is 0 Å². The van der Waals surface area contributed by atoms with Gasteiger partial charge in [-0.05, 0) is 38.1 Å². The third kappa shape index (κ3) is 3.39. The number of nitrogens with two attached hydrogens (primary N) is 1. The number of nitrogens with one attached hydrogen (secondary N) is 1. The first kappa shape index (κ1) is 16.7. The molecule has 0 aliphatic rings. The predicted molar refractivity (Wildman–Crippen MR) is 87.8 cm³/mol. The van der Waals surface area contributed by atoms with Gasteiger partial charge in [-0.25, -0.2) is 14.6 Å². The summed E-state index contributed by atoms with van der Waals surface area (Å²) in [6.45, 7) is 3.68. The zero-order chi connectivity index (χ0) is 18.2. The number of benzene rings is 1. The predicted octanol–water partition coefficient (Wildman–Crippen LogP) is 3.62. The van der Waals surface area contributed by atoms with E-state index in [1.807, 2.05) is 19.9 Å². The summed E-state index contributed by atoms with van der Waals surface area (Å²) < 4.78 is 40.0. The molecule has 130 valence electrons. The molecule has 25 heavy (non-hydrogen) atoms. The van der Waals surface area contributed by atoms with Crippen LogP contribution in [0.2, 0.25) is 0 Å². The summed E-state index contributed by atoms with van der Waals surface area (Å²) in [5.74, 6) is 0.562. The van der Waals surface area contributed by atoms with Crippen LogP contribution >= 0.6 is 0 Å². The molecule has 6 nitrogen and oxygen atoms in total. The number of rotatable bonds is 3. The summed E-state index contributed by atoms with van der Waals surface area (Å²) in [7, 11) is 0. The monoisotopic (exact) mass is 348 g/mol. The average Bonchev–Trinajstić information content (AvgIpc) is 2.87. The van der Waals surface area contributed by atoms with Crippen LogP contribution in [-0.4, -0.2) is 19.7 Å². The highest BCUT2D eigenvalue weighted by Gasteiger charge is 2.30. The van der Waals surface area contributed by atoms with Gasteiger partial charge in [0.2, 0.25) is 0 Å². The Morgan fingerprint density at radius 2 is 1.88 bits per heavy atom. The number of nitrogen functional groups attached to an aromatic ring is 1. The van der Waals surface area contributed by atoms with Crippen molar-refractivity contribution in [2.45, 2.75) is 20.0 Å².